The predicted octanol–water partition coefficient (Wildman–Crippen LogP) is 2.98. The zero-order valence-corrected chi connectivity index (χ0v) is 13.7. The van der Waals surface area contributed by atoms with Crippen molar-refractivity contribution in [2.45, 2.75) is 25.9 Å². The van der Waals surface area contributed by atoms with Gasteiger partial charge >= 0.3 is 0 Å². The highest BCUT2D eigenvalue weighted by Gasteiger charge is 2.18. The number of benzene rings is 2. The number of hydrogen-bond acceptors (Lipinski definition) is 5. The Morgan fingerprint density at radius 2 is 2.04 bits per heavy atom. The van der Waals surface area contributed by atoms with Crippen LogP contribution in [0.15, 0.2) is 47.0 Å². The van der Waals surface area contributed by atoms with E-state index < -0.39 is 12.1 Å². The van der Waals surface area contributed by atoms with Crippen molar-refractivity contribution in [3.05, 3.63) is 58.7 Å². The second-order valence-electron chi connectivity index (χ2n) is 5.38. The molecule has 0 radical (unpaired) electrons. The van der Waals surface area contributed by atoms with E-state index in [1.54, 1.807) is 19.1 Å². The monoisotopic (exact) mass is 344 g/mol. The van der Waals surface area contributed by atoms with Crippen molar-refractivity contribution in [3.8, 4) is 5.75 Å². The highest BCUT2D eigenvalue weighted by atomic mass is 35.5. The molecule has 3 aromatic rings. The molecule has 0 bridgehead atoms. The van der Waals surface area contributed by atoms with Crippen molar-refractivity contribution in [1.29, 1.82) is 0 Å². The van der Waals surface area contributed by atoms with Crippen molar-refractivity contribution in [2.24, 2.45) is 0 Å². The van der Waals surface area contributed by atoms with Crippen molar-refractivity contribution in [2.75, 3.05) is 0 Å². The summed E-state index contributed by atoms with van der Waals surface area (Å²) in [5.74, 6) is -1.04. The van der Waals surface area contributed by atoms with Crippen LogP contribution in [0.2, 0.25) is 5.02 Å². The fraction of sp³-hybridized carbons (Fsp3) is 0.222. The molecule has 1 atom stereocenters. The van der Waals surface area contributed by atoms with Crippen LogP contribution in [0, 0.1) is 0 Å². The molecule has 0 aliphatic heterocycles. The average molecular weight is 345 g/mol. The number of carbonyl (C=O) groups is 1. The molecule has 1 aromatic heterocycles. The topological polar surface area (TPSA) is 75.4 Å². The highest BCUT2D eigenvalue weighted by Crippen LogP contribution is 2.35. The minimum atomic E-state index is -1.28. The first-order chi connectivity index (χ1) is 11.6. The molecule has 0 N–H and O–H groups in total. The third-order valence-corrected chi connectivity index (χ3v) is 4.09. The smallest absolute Gasteiger partial charge is 0.189 e. The standard InChI is InChI=1S/C18H16ClNO4/c1-2-14(18(21)22)23-15-9-8-12-13(20-24-17(12)16(15)19)10-11-6-4-3-5-7-11/h3-9,14H,2,10H2,1H3,(H,21,22)/p-1. The molecule has 1 unspecified atom stereocenters. The van der Waals surface area contributed by atoms with Crippen LogP contribution in [0.25, 0.3) is 11.0 Å². The van der Waals surface area contributed by atoms with Gasteiger partial charge in [-0.05, 0) is 24.1 Å². The van der Waals surface area contributed by atoms with Crippen LogP contribution in [0.3, 0.4) is 0 Å². The van der Waals surface area contributed by atoms with Gasteiger partial charge in [-0.25, -0.2) is 0 Å². The molecule has 5 nitrogen and oxygen atoms in total. The molecule has 2 aromatic carbocycles. The summed E-state index contributed by atoms with van der Waals surface area (Å²) < 4.78 is 10.8. The fourth-order valence-corrected chi connectivity index (χ4v) is 2.71. The number of halogens is 1. The first kappa shape index (κ1) is 16.3. The van der Waals surface area contributed by atoms with Gasteiger partial charge in [0.05, 0.1) is 11.7 Å². The lowest BCUT2D eigenvalue weighted by molar-refractivity contribution is -0.313. The van der Waals surface area contributed by atoms with Crippen molar-refractivity contribution in [3.63, 3.8) is 0 Å². The summed E-state index contributed by atoms with van der Waals surface area (Å²) in [5.41, 5.74) is 2.25. The van der Waals surface area contributed by atoms with Crippen LogP contribution in [-0.2, 0) is 11.2 Å². The molecule has 1 heterocycles. The Labute approximate surface area is 143 Å². The van der Waals surface area contributed by atoms with Crippen LogP contribution in [0.4, 0.5) is 0 Å². The molecule has 0 fully saturated rings. The SMILES string of the molecule is CCC(Oc1ccc2c(Cc3ccccc3)noc2c1Cl)C(=O)[O-]. The number of ether oxygens (including phenoxy) is 1. The molecule has 24 heavy (non-hydrogen) atoms. The molecule has 0 spiro atoms. The number of carboxylic acid groups (broad SMARTS) is 1. The van der Waals surface area contributed by atoms with E-state index in [0.717, 1.165) is 16.6 Å². The number of carboxylic acids is 1. The maximum atomic E-state index is 11.0. The van der Waals surface area contributed by atoms with Gasteiger partial charge in [0.2, 0.25) is 0 Å². The number of carbonyl (C=O) groups excluding carboxylic acids is 1. The summed E-state index contributed by atoms with van der Waals surface area (Å²) in [6.07, 6.45) is -0.181. The number of hydrogen-bond donors (Lipinski definition) is 0. The molecular formula is C18H15ClNO4-. The third kappa shape index (κ3) is 3.21. The molecule has 0 aliphatic carbocycles. The maximum absolute atomic E-state index is 11.0. The summed E-state index contributed by atoms with van der Waals surface area (Å²) in [7, 11) is 0. The minimum Gasteiger partial charge on any atom is -0.546 e. The number of fused-ring (bicyclic) bond motifs is 1. The Balaban J connectivity index is 1.92. The Morgan fingerprint density at radius 1 is 1.29 bits per heavy atom. The van der Waals surface area contributed by atoms with Gasteiger partial charge in [0.1, 0.15) is 16.9 Å². The molecule has 0 saturated heterocycles. The van der Waals surface area contributed by atoms with Crippen molar-refractivity contribution >= 4 is 28.5 Å². The van der Waals surface area contributed by atoms with E-state index in [0.29, 0.717) is 12.0 Å². The molecule has 0 saturated carbocycles. The van der Waals surface area contributed by atoms with E-state index in [9.17, 15) is 9.90 Å². The zero-order chi connectivity index (χ0) is 17.1. The second kappa shape index (κ2) is 6.93. The largest absolute Gasteiger partial charge is 0.546 e. The minimum absolute atomic E-state index is 0.207. The maximum Gasteiger partial charge on any atom is 0.189 e. The van der Waals surface area contributed by atoms with Gasteiger partial charge in [0.25, 0.3) is 0 Å². The van der Waals surface area contributed by atoms with Crippen LogP contribution < -0.4 is 9.84 Å². The van der Waals surface area contributed by atoms with E-state index >= 15 is 0 Å². The van der Waals surface area contributed by atoms with Gasteiger partial charge in [-0.15, -0.1) is 0 Å². The van der Waals surface area contributed by atoms with Gasteiger partial charge in [0.15, 0.2) is 5.58 Å². The van der Waals surface area contributed by atoms with Crippen LogP contribution in [0.5, 0.6) is 5.75 Å². The van der Waals surface area contributed by atoms with E-state index in [2.05, 4.69) is 5.16 Å². The van der Waals surface area contributed by atoms with E-state index in [4.69, 9.17) is 20.9 Å². The number of aromatic nitrogens is 1. The molecular weight excluding hydrogens is 330 g/mol. The lowest BCUT2D eigenvalue weighted by atomic mass is 10.1. The van der Waals surface area contributed by atoms with Gasteiger partial charge in [0, 0.05) is 11.8 Å². The molecule has 0 amide bonds. The van der Waals surface area contributed by atoms with E-state index in [1.807, 2.05) is 30.3 Å². The number of aliphatic carboxylic acids is 1. The van der Waals surface area contributed by atoms with E-state index in [-0.39, 0.29) is 17.2 Å². The predicted molar refractivity (Wildman–Crippen MR) is 88.0 cm³/mol. The molecule has 6 heteroatoms. The normalized spacial score (nSPS) is 12.2. The van der Waals surface area contributed by atoms with Crippen molar-refractivity contribution < 1.29 is 19.2 Å². The summed E-state index contributed by atoms with van der Waals surface area (Å²) >= 11 is 6.29. The van der Waals surface area contributed by atoms with Gasteiger partial charge in [-0.2, -0.15) is 0 Å². The zero-order valence-electron chi connectivity index (χ0n) is 13.0. The third-order valence-electron chi connectivity index (χ3n) is 3.74. The van der Waals surface area contributed by atoms with Crippen LogP contribution in [0.1, 0.15) is 24.6 Å². The first-order valence-electron chi connectivity index (χ1n) is 7.58. The summed E-state index contributed by atoms with van der Waals surface area (Å²) in [6.45, 7) is 1.69. The Bertz CT molecular complexity index is 860. The Kier molecular flexibility index (Phi) is 4.71. The van der Waals surface area contributed by atoms with Gasteiger partial charge in [-0.1, -0.05) is 54.0 Å². The first-order valence-corrected chi connectivity index (χ1v) is 7.96. The lowest BCUT2D eigenvalue weighted by Crippen LogP contribution is -2.39. The molecule has 124 valence electrons. The Hall–Kier alpha value is -2.53. The van der Waals surface area contributed by atoms with Crippen LogP contribution in [-0.4, -0.2) is 17.2 Å². The van der Waals surface area contributed by atoms with Gasteiger partial charge < -0.3 is 19.2 Å². The van der Waals surface area contributed by atoms with Gasteiger partial charge in [-0.3, -0.25) is 0 Å². The highest BCUT2D eigenvalue weighted by molar-refractivity contribution is 6.36. The summed E-state index contributed by atoms with van der Waals surface area (Å²) in [6, 6.07) is 13.3. The number of rotatable bonds is 6. The van der Waals surface area contributed by atoms with Crippen LogP contribution >= 0.6 is 11.6 Å². The summed E-state index contributed by atoms with van der Waals surface area (Å²) in [5, 5.41) is 16.1. The quantitative estimate of drug-likeness (QED) is 0.687. The van der Waals surface area contributed by atoms with Crippen molar-refractivity contribution in [1.82, 2.24) is 5.16 Å². The Morgan fingerprint density at radius 3 is 2.71 bits per heavy atom. The van der Waals surface area contributed by atoms with E-state index in [1.165, 1.54) is 0 Å². The lowest BCUT2D eigenvalue weighted by Gasteiger charge is -2.18. The number of nitrogens with zero attached hydrogens (tertiary/aromatic N) is 1. The average Bonchev–Trinajstić information content (AvgIpc) is 2.98. The fourth-order valence-electron chi connectivity index (χ4n) is 2.46. The summed E-state index contributed by atoms with van der Waals surface area (Å²) in [4.78, 5) is 11.0. The molecule has 0 aliphatic rings. The second-order valence-corrected chi connectivity index (χ2v) is 5.76. The molecule has 3 rings (SSSR count).